The number of nitriles is 1. The van der Waals surface area contributed by atoms with Crippen LogP contribution in [0.15, 0.2) is 78.9 Å². The molecule has 1 aliphatic rings. The van der Waals surface area contributed by atoms with Crippen molar-refractivity contribution < 1.29 is 14.3 Å². The molecule has 6 nitrogen and oxygen atoms in total. The molecule has 0 aromatic heterocycles. The Balaban J connectivity index is 1.46. The fraction of sp³-hybridized carbons (Fsp3) is 0.125. The van der Waals surface area contributed by atoms with Crippen molar-refractivity contribution in [3.8, 4) is 17.6 Å². The second-order valence-electron chi connectivity index (χ2n) is 6.91. The SMILES string of the molecule is N#Cc1ccc(NC(=O)C2CSCN2C(=O)c2cccc(Oc3ccccc3)c2)cc1. The van der Waals surface area contributed by atoms with Gasteiger partial charge >= 0.3 is 0 Å². The molecule has 1 N–H and O–H groups in total. The smallest absolute Gasteiger partial charge is 0.255 e. The molecule has 1 unspecified atom stereocenters. The van der Waals surface area contributed by atoms with E-state index in [2.05, 4.69) is 5.32 Å². The first-order valence-corrected chi connectivity index (χ1v) is 10.8. The van der Waals surface area contributed by atoms with Crippen LogP contribution >= 0.6 is 11.8 Å². The van der Waals surface area contributed by atoms with Gasteiger partial charge in [-0.25, -0.2) is 0 Å². The molecule has 1 atom stereocenters. The summed E-state index contributed by atoms with van der Waals surface area (Å²) >= 11 is 1.54. The van der Waals surface area contributed by atoms with Gasteiger partial charge in [0.15, 0.2) is 0 Å². The van der Waals surface area contributed by atoms with Gasteiger partial charge < -0.3 is 15.0 Å². The number of hydrogen-bond donors (Lipinski definition) is 1. The zero-order valence-electron chi connectivity index (χ0n) is 16.5. The van der Waals surface area contributed by atoms with Crippen LogP contribution in [0.1, 0.15) is 15.9 Å². The highest BCUT2D eigenvalue weighted by atomic mass is 32.2. The number of ether oxygens (including phenoxy) is 1. The molecule has 0 spiro atoms. The van der Waals surface area contributed by atoms with Gasteiger partial charge in [-0.1, -0.05) is 24.3 Å². The first kappa shape index (κ1) is 20.5. The van der Waals surface area contributed by atoms with Gasteiger partial charge in [-0.15, -0.1) is 11.8 Å². The Morgan fingerprint density at radius 2 is 1.74 bits per heavy atom. The van der Waals surface area contributed by atoms with Gasteiger partial charge in [-0.05, 0) is 54.6 Å². The third kappa shape index (κ3) is 4.87. The molecule has 4 rings (SSSR count). The van der Waals surface area contributed by atoms with Crippen molar-refractivity contribution in [1.82, 2.24) is 4.90 Å². The van der Waals surface area contributed by atoms with Gasteiger partial charge in [0.1, 0.15) is 17.5 Å². The summed E-state index contributed by atoms with van der Waals surface area (Å²) in [6.45, 7) is 0. The minimum absolute atomic E-state index is 0.219. The first-order chi connectivity index (χ1) is 15.1. The Hall–Kier alpha value is -3.76. The van der Waals surface area contributed by atoms with Crippen molar-refractivity contribution in [3.05, 3.63) is 90.0 Å². The monoisotopic (exact) mass is 429 g/mol. The number of carbonyl (C=O) groups is 2. The predicted octanol–water partition coefficient (Wildman–Crippen LogP) is 4.50. The summed E-state index contributed by atoms with van der Waals surface area (Å²) in [4.78, 5) is 27.5. The third-order valence-electron chi connectivity index (χ3n) is 4.79. The van der Waals surface area contributed by atoms with Crippen molar-refractivity contribution in [3.63, 3.8) is 0 Å². The van der Waals surface area contributed by atoms with E-state index in [0.29, 0.717) is 39.9 Å². The molecule has 0 aliphatic carbocycles. The largest absolute Gasteiger partial charge is 0.457 e. The van der Waals surface area contributed by atoms with E-state index in [1.165, 1.54) is 11.8 Å². The van der Waals surface area contributed by atoms with E-state index < -0.39 is 6.04 Å². The van der Waals surface area contributed by atoms with Crippen LogP contribution in [0.4, 0.5) is 5.69 Å². The van der Waals surface area contributed by atoms with Crippen LogP contribution in [0.3, 0.4) is 0 Å². The lowest BCUT2D eigenvalue weighted by molar-refractivity contribution is -0.119. The minimum Gasteiger partial charge on any atom is -0.457 e. The fourth-order valence-corrected chi connectivity index (χ4v) is 4.35. The van der Waals surface area contributed by atoms with E-state index in [1.54, 1.807) is 53.4 Å². The van der Waals surface area contributed by atoms with E-state index in [0.717, 1.165) is 0 Å². The molecule has 3 aromatic carbocycles. The Labute approximate surface area is 184 Å². The first-order valence-electron chi connectivity index (χ1n) is 9.67. The van der Waals surface area contributed by atoms with E-state index in [4.69, 9.17) is 10.00 Å². The van der Waals surface area contributed by atoms with Gasteiger partial charge in [0.05, 0.1) is 17.5 Å². The quantitative estimate of drug-likeness (QED) is 0.646. The second kappa shape index (κ2) is 9.37. The number of benzene rings is 3. The lowest BCUT2D eigenvalue weighted by atomic mass is 10.1. The van der Waals surface area contributed by atoms with Gasteiger partial charge in [0, 0.05) is 17.0 Å². The number of nitrogens with zero attached hydrogens (tertiary/aromatic N) is 2. The third-order valence-corrected chi connectivity index (χ3v) is 5.80. The number of hydrogen-bond acceptors (Lipinski definition) is 5. The minimum atomic E-state index is -0.577. The van der Waals surface area contributed by atoms with Crippen molar-refractivity contribution in [2.24, 2.45) is 0 Å². The van der Waals surface area contributed by atoms with Crippen LogP contribution in [0.5, 0.6) is 11.5 Å². The van der Waals surface area contributed by atoms with Crippen LogP contribution in [0.25, 0.3) is 0 Å². The number of carbonyl (C=O) groups excluding carboxylic acids is 2. The molecule has 0 radical (unpaired) electrons. The summed E-state index contributed by atoms with van der Waals surface area (Å²) in [5, 5.41) is 11.7. The topological polar surface area (TPSA) is 82.4 Å². The van der Waals surface area contributed by atoms with E-state index >= 15 is 0 Å². The molecule has 31 heavy (non-hydrogen) atoms. The van der Waals surface area contributed by atoms with Crippen molar-refractivity contribution in [2.45, 2.75) is 6.04 Å². The van der Waals surface area contributed by atoms with Crippen molar-refractivity contribution >= 4 is 29.3 Å². The van der Waals surface area contributed by atoms with Crippen LogP contribution in [0.2, 0.25) is 0 Å². The Morgan fingerprint density at radius 1 is 1.00 bits per heavy atom. The molecule has 154 valence electrons. The van der Waals surface area contributed by atoms with Gasteiger partial charge in [0.25, 0.3) is 5.91 Å². The highest BCUT2D eigenvalue weighted by Gasteiger charge is 2.35. The van der Waals surface area contributed by atoms with Crippen LogP contribution in [-0.4, -0.2) is 34.4 Å². The Morgan fingerprint density at radius 3 is 2.48 bits per heavy atom. The molecule has 1 aliphatic heterocycles. The fourth-order valence-electron chi connectivity index (χ4n) is 3.20. The summed E-state index contributed by atoms with van der Waals surface area (Å²) in [5.41, 5.74) is 1.57. The van der Waals surface area contributed by atoms with Gasteiger partial charge in [0.2, 0.25) is 5.91 Å². The number of rotatable bonds is 5. The van der Waals surface area contributed by atoms with E-state index in [9.17, 15) is 9.59 Å². The van der Waals surface area contributed by atoms with Gasteiger partial charge in [-0.3, -0.25) is 9.59 Å². The van der Waals surface area contributed by atoms with Crippen LogP contribution < -0.4 is 10.1 Å². The normalized spacial score (nSPS) is 15.2. The number of anilines is 1. The predicted molar refractivity (Wildman–Crippen MR) is 120 cm³/mol. The second-order valence-corrected chi connectivity index (χ2v) is 7.91. The zero-order valence-corrected chi connectivity index (χ0v) is 17.3. The maximum absolute atomic E-state index is 13.1. The Bertz CT molecular complexity index is 1130. The summed E-state index contributed by atoms with van der Waals surface area (Å²) in [5.74, 6) is 1.73. The lowest BCUT2D eigenvalue weighted by Crippen LogP contribution is -2.44. The van der Waals surface area contributed by atoms with Crippen molar-refractivity contribution in [2.75, 3.05) is 16.9 Å². The maximum atomic E-state index is 13.1. The molecule has 2 amide bonds. The highest BCUT2D eigenvalue weighted by Crippen LogP contribution is 2.27. The zero-order chi connectivity index (χ0) is 21.6. The molecular formula is C24H19N3O3S. The average Bonchev–Trinajstić information content (AvgIpc) is 3.30. The number of amides is 2. The molecule has 0 bridgehead atoms. The molecule has 0 saturated carbocycles. The van der Waals surface area contributed by atoms with Crippen LogP contribution in [-0.2, 0) is 4.79 Å². The molecule has 1 saturated heterocycles. The molecule has 7 heteroatoms. The number of nitrogens with one attached hydrogen (secondary N) is 1. The standard InChI is InChI=1S/C24H19N3O3S/c25-14-17-9-11-19(12-10-17)26-23(28)22-15-31-16-27(22)24(29)18-5-4-8-21(13-18)30-20-6-2-1-3-7-20/h1-13,22H,15-16H2,(H,26,28). The summed E-state index contributed by atoms with van der Waals surface area (Å²) in [6.07, 6.45) is 0. The summed E-state index contributed by atoms with van der Waals surface area (Å²) in [6, 6.07) is 24.4. The molecule has 1 heterocycles. The van der Waals surface area contributed by atoms with Crippen molar-refractivity contribution in [1.29, 1.82) is 5.26 Å². The summed E-state index contributed by atoms with van der Waals surface area (Å²) < 4.78 is 5.83. The number of para-hydroxylation sites is 1. The summed E-state index contributed by atoms with van der Waals surface area (Å²) in [7, 11) is 0. The van der Waals surface area contributed by atoms with E-state index in [-0.39, 0.29) is 11.8 Å². The maximum Gasteiger partial charge on any atom is 0.255 e. The number of thioether (sulfide) groups is 1. The lowest BCUT2D eigenvalue weighted by Gasteiger charge is -2.23. The molecular weight excluding hydrogens is 410 g/mol. The average molecular weight is 430 g/mol. The molecule has 3 aromatic rings. The van der Waals surface area contributed by atoms with Gasteiger partial charge in [-0.2, -0.15) is 5.26 Å². The van der Waals surface area contributed by atoms with Crippen LogP contribution in [0, 0.1) is 11.3 Å². The molecule has 1 fully saturated rings. The highest BCUT2D eigenvalue weighted by molar-refractivity contribution is 7.99. The van der Waals surface area contributed by atoms with E-state index in [1.807, 2.05) is 36.4 Å². The Kier molecular flexibility index (Phi) is 6.20.